The Bertz CT molecular complexity index is 619. The molecule has 1 amide bonds. The van der Waals surface area contributed by atoms with E-state index in [4.69, 9.17) is 0 Å². The van der Waals surface area contributed by atoms with Crippen molar-refractivity contribution in [3.05, 3.63) is 40.1 Å². The molecule has 2 rings (SSSR count). The number of carbonyl (C=O) groups is 1. The zero-order chi connectivity index (χ0) is 13.8. The Morgan fingerprint density at radius 3 is 2.84 bits per heavy atom. The molecule has 100 valence electrons. The molecule has 0 spiro atoms. The highest BCUT2D eigenvalue weighted by Crippen LogP contribution is 2.29. The molecule has 2 N–H and O–H groups in total. The maximum absolute atomic E-state index is 12.0. The van der Waals surface area contributed by atoms with Crippen molar-refractivity contribution in [2.45, 2.75) is 19.8 Å². The van der Waals surface area contributed by atoms with Crippen molar-refractivity contribution < 1.29 is 9.72 Å². The molecule has 0 radical (unpaired) electrons. The Labute approximate surface area is 110 Å². The summed E-state index contributed by atoms with van der Waals surface area (Å²) < 4.78 is 0. The molecule has 0 aliphatic rings. The largest absolute Gasteiger partial charge is 0.351 e. The van der Waals surface area contributed by atoms with Gasteiger partial charge in [-0.2, -0.15) is 0 Å². The molecule has 0 aliphatic heterocycles. The van der Waals surface area contributed by atoms with Gasteiger partial charge in [-0.25, -0.2) is 0 Å². The average molecular weight is 261 g/mol. The Morgan fingerprint density at radius 1 is 1.42 bits per heavy atom. The van der Waals surface area contributed by atoms with Crippen LogP contribution in [0.3, 0.4) is 0 Å². The number of aromatic nitrogens is 1. The van der Waals surface area contributed by atoms with Gasteiger partial charge in [0.1, 0.15) is 0 Å². The average Bonchev–Trinajstić information content (AvgIpc) is 2.78. The number of H-pyrrole nitrogens is 1. The van der Waals surface area contributed by atoms with Crippen LogP contribution in [0.5, 0.6) is 0 Å². The lowest BCUT2D eigenvalue weighted by atomic mass is 10.2. The number of rotatable bonds is 5. The van der Waals surface area contributed by atoms with Gasteiger partial charge in [0.05, 0.1) is 15.8 Å². The minimum atomic E-state index is -0.520. The minimum Gasteiger partial charge on any atom is -0.351 e. The molecule has 0 bridgehead atoms. The molecule has 0 unspecified atom stereocenters. The first kappa shape index (κ1) is 13.1. The topological polar surface area (TPSA) is 88.0 Å². The molecule has 0 aliphatic carbocycles. The molecule has 0 saturated carbocycles. The molecule has 6 heteroatoms. The van der Waals surface area contributed by atoms with Crippen LogP contribution in [-0.4, -0.2) is 22.4 Å². The van der Waals surface area contributed by atoms with Crippen molar-refractivity contribution in [2.24, 2.45) is 0 Å². The predicted molar refractivity (Wildman–Crippen MR) is 72.2 cm³/mol. The van der Waals surface area contributed by atoms with Gasteiger partial charge in [-0.05, 0) is 18.6 Å². The second-order valence-corrected chi connectivity index (χ2v) is 4.26. The van der Waals surface area contributed by atoms with E-state index in [1.54, 1.807) is 24.3 Å². The van der Waals surface area contributed by atoms with E-state index < -0.39 is 10.8 Å². The first-order valence-electron chi connectivity index (χ1n) is 6.18. The van der Waals surface area contributed by atoms with Gasteiger partial charge < -0.3 is 10.3 Å². The van der Waals surface area contributed by atoms with Gasteiger partial charge in [0.15, 0.2) is 5.69 Å². The molecular weight excluding hydrogens is 246 g/mol. The lowest BCUT2D eigenvalue weighted by Gasteiger charge is -2.01. The van der Waals surface area contributed by atoms with Crippen molar-refractivity contribution in [3.63, 3.8) is 0 Å². The molecular formula is C13H15N3O3. The SMILES string of the molecule is CCCCNC(=O)c1[nH]c2ccccc2c1[N+](=O)[O-]. The van der Waals surface area contributed by atoms with E-state index in [0.29, 0.717) is 17.4 Å². The van der Waals surface area contributed by atoms with Crippen LogP contribution in [0.4, 0.5) is 5.69 Å². The number of aromatic amines is 1. The molecule has 0 atom stereocenters. The molecule has 6 nitrogen and oxygen atoms in total. The van der Waals surface area contributed by atoms with Crippen molar-refractivity contribution in [3.8, 4) is 0 Å². The fourth-order valence-electron chi connectivity index (χ4n) is 1.95. The number of hydrogen-bond donors (Lipinski definition) is 2. The summed E-state index contributed by atoms with van der Waals surface area (Å²) in [6, 6.07) is 6.82. The number of para-hydroxylation sites is 1. The summed E-state index contributed by atoms with van der Waals surface area (Å²) in [7, 11) is 0. The summed E-state index contributed by atoms with van der Waals surface area (Å²) in [5.41, 5.74) is 0.446. The van der Waals surface area contributed by atoms with Crippen LogP contribution >= 0.6 is 0 Å². The van der Waals surface area contributed by atoms with Crippen molar-refractivity contribution in [2.75, 3.05) is 6.54 Å². The number of unbranched alkanes of at least 4 members (excludes halogenated alkanes) is 1. The maximum Gasteiger partial charge on any atom is 0.307 e. The van der Waals surface area contributed by atoms with Crippen LogP contribution in [0, 0.1) is 10.1 Å². The van der Waals surface area contributed by atoms with E-state index in [-0.39, 0.29) is 11.4 Å². The maximum atomic E-state index is 12.0. The third-order valence-electron chi connectivity index (χ3n) is 2.90. The number of nitrogens with one attached hydrogen (secondary N) is 2. The van der Waals surface area contributed by atoms with Gasteiger partial charge in [0, 0.05) is 6.54 Å². The molecule has 2 aromatic rings. The summed E-state index contributed by atoms with van der Waals surface area (Å²) in [6.07, 6.45) is 1.80. The summed E-state index contributed by atoms with van der Waals surface area (Å²) >= 11 is 0. The van der Waals surface area contributed by atoms with Gasteiger partial charge in [-0.1, -0.05) is 25.5 Å². The number of nitro groups is 1. The van der Waals surface area contributed by atoms with E-state index in [1.807, 2.05) is 6.92 Å². The van der Waals surface area contributed by atoms with E-state index in [9.17, 15) is 14.9 Å². The van der Waals surface area contributed by atoms with E-state index >= 15 is 0 Å². The minimum absolute atomic E-state index is 0.0160. The standard InChI is InChI=1S/C13H15N3O3/c1-2-3-8-14-13(17)11-12(16(18)19)9-6-4-5-7-10(9)15-11/h4-7,15H,2-3,8H2,1H3,(H,14,17). The first-order valence-corrected chi connectivity index (χ1v) is 6.18. The Morgan fingerprint density at radius 2 is 2.16 bits per heavy atom. The summed E-state index contributed by atoms with van der Waals surface area (Å²) in [4.78, 5) is 25.4. The molecule has 0 saturated heterocycles. The zero-order valence-electron chi connectivity index (χ0n) is 10.6. The van der Waals surface area contributed by atoms with Crippen LogP contribution in [0.2, 0.25) is 0 Å². The van der Waals surface area contributed by atoms with Crippen molar-refractivity contribution in [1.29, 1.82) is 0 Å². The highest BCUT2D eigenvalue weighted by atomic mass is 16.6. The summed E-state index contributed by atoms with van der Waals surface area (Å²) in [6.45, 7) is 2.53. The molecule has 1 aromatic carbocycles. The number of hydrogen-bond acceptors (Lipinski definition) is 3. The highest BCUT2D eigenvalue weighted by molar-refractivity contribution is 6.05. The lowest BCUT2D eigenvalue weighted by molar-refractivity contribution is -0.383. The van der Waals surface area contributed by atoms with Crippen LogP contribution in [0.1, 0.15) is 30.3 Å². The van der Waals surface area contributed by atoms with E-state index in [0.717, 1.165) is 12.8 Å². The van der Waals surface area contributed by atoms with Gasteiger partial charge >= 0.3 is 5.69 Å². The molecule has 0 fully saturated rings. The second kappa shape index (κ2) is 5.51. The van der Waals surface area contributed by atoms with Gasteiger partial charge in [0.25, 0.3) is 5.91 Å². The molecule has 1 aromatic heterocycles. The van der Waals surface area contributed by atoms with Crippen LogP contribution in [0.25, 0.3) is 10.9 Å². The normalized spacial score (nSPS) is 10.6. The summed E-state index contributed by atoms with van der Waals surface area (Å²) in [5, 5.41) is 14.3. The Kier molecular flexibility index (Phi) is 3.79. The smallest absolute Gasteiger partial charge is 0.307 e. The van der Waals surface area contributed by atoms with Crippen LogP contribution in [0.15, 0.2) is 24.3 Å². The van der Waals surface area contributed by atoms with Gasteiger partial charge in [-0.15, -0.1) is 0 Å². The van der Waals surface area contributed by atoms with Gasteiger partial charge in [0.2, 0.25) is 0 Å². The number of nitrogens with zero attached hydrogens (tertiary/aromatic N) is 1. The van der Waals surface area contributed by atoms with Crippen molar-refractivity contribution in [1.82, 2.24) is 10.3 Å². The van der Waals surface area contributed by atoms with Crippen molar-refractivity contribution >= 4 is 22.5 Å². The molecule has 19 heavy (non-hydrogen) atoms. The Balaban J connectivity index is 2.39. The third-order valence-corrected chi connectivity index (χ3v) is 2.90. The highest BCUT2D eigenvalue weighted by Gasteiger charge is 2.26. The number of benzene rings is 1. The lowest BCUT2D eigenvalue weighted by Crippen LogP contribution is -2.25. The number of fused-ring (bicyclic) bond motifs is 1. The zero-order valence-corrected chi connectivity index (χ0v) is 10.6. The van der Waals surface area contributed by atoms with Gasteiger partial charge in [-0.3, -0.25) is 14.9 Å². The number of carbonyl (C=O) groups excluding carboxylic acids is 1. The van der Waals surface area contributed by atoms with Crippen LogP contribution < -0.4 is 5.32 Å². The Hall–Kier alpha value is -2.37. The predicted octanol–water partition coefficient (Wildman–Crippen LogP) is 2.61. The van der Waals surface area contributed by atoms with Crippen LogP contribution in [-0.2, 0) is 0 Å². The second-order valence-electron chi connectivity index (χ2n) is 4.26. The summed E-state index contributed by atoms with van der Waals surface area (Å²) in [5.74, 6) is -0.434. The fraction of sp³-hybridized carbons (Fsp3) is 0.308. The monoisotopic (exact) mass is 261 g/mol. The molecule has 1 heterocycles. The first-order chi connectivity index (χ1) is 9.15. The quantitative estimate of drug-likeness (QED) is 0.492. The third kappa shape index (κ3) is 2.57. The van der Waals surface area contributed by atoms with E-state index in [2.05, 4.69) is 10.3 Å². The number of amides is 1. The van der Waals surface area contributed by atoms with E-state index in [1.165, 1.54) is 0 Å². The fourth-order valence-corrected chi connectivity index (χ4v) is 1.95.